The number of hydrogen-bond donors (Lipinski definition) is 1. The van der Waals surface area contributed by atoms with Crippen molar-refractivity contribution in [2.75, 3.05) is 31.1 Å². The number of aromatic nitrogens is 1. The molecule has 144 valence electrons. The molecule has 3 heterocycles. The lowest BCUT2D eigenvalue weighted by Gasteiger charge is -2.37. The number of nitrogens with two attached hydrogens (primary N) is 1. The molecular formula is C17H22ClF3N4O. The van der Waals surface area contributed by atoms with Gasteiger partial charge >= 0.3 is 6.18 Å². The lowest BCUT2D eigenvalue weighted by Crippen LogP contribution is -2.47. The fourth-order valence-electron chi connectivity index (χ4n) is 3.53. The fraction of sp³-hybridized carbons (Fsp3) is 0.647. The van der Waals surface area contributed by atoms with Crippen molar-refractivity contribution in [3.8, 4) is 0 Å². The molecule has 0 unspecified atom stereocenters. The molecule has 0 saturated carbocycles. The number of likely N-dealkylation sites (tertiary alicyclic amines) is 1. The summed E-state index contributed by atoms with van der Waals surface area (Å²) >= 11 is 6.01. The lowest BCUT2D eigenvalue weighted by molar-refractivity contribution is -0.138. The lowest BCUT2D eigenvalue weighted by atomic mass is 9.94. The molecule has 2 N–H and O–H groups in total. The molecule has 3 rings (SSSR count). The second-order valence-corrected chi connectivity index (χ2v) is 7.36. The van der Waals surface area contributed by atoms with Crippen LogP contribution in [0.25, 0.3) is 0 Å². The highest BCUT2D eigenvalue weighted by atomic mass is 35.5. The van der Waals surface area contributed by atoms with Crippen molar-refractivity contribution < 1.29 is 18.0 Å². The summed E-state index contributed by atoms with van der Waals surface area (Å²) in [6, 6.07) is 1.08. The van der Waals surface area contributed by atoms with E-state index in [1.165, 1.54) is 0 Å². The van der Waals surface area contributed by atoms with Gasteiger partial charge in [0.15, 0.2) is 0 Å². The van der Waals surface area contributed by atoms with Gasteiger partial charge in [0.05, 0.1) is 10.6 Å². The Hall–Kier alpha value is -1.54. The summed E-state index contributed by atoms with van der Waals surface area (Å²) in [4.78, 5) is 20.3. The summed E-state index contributed by atoms with van der Waals surface area (Å²) in [5.41, 5.74) is 5.01. The number of carbonyl (C=O) groups is 1. The predicted octanol–water partition coefficient (Wildman–Crippen LogP) is 2.92. The van der Waals surface area contributed by atoms with Crippen molar-refractivity contribution in [1.29, 1.82) is 0 Å². The number of rotatable bonds is 2. The minimum absolute atomic E-state index is 0.0189. The summed E-state index contributed by atoms with van der Waals surface area (Å²) in [6.45, 7) is 2.49. The van der Waals surface area contributed by atoms with Crippen molar-refractivity contribution in [2.45, 2.75) is 37.9 Å². The van der Waals surface area contributed by atoms with Gasteiger partial charge in [0.2, 0.25) is 5.91 Å². The van der Waals surface area contributed by atoms with Crippen LogP contribution in [0.2, 0.25) is 5.02 Å². The van der Waals surface area contributed by atoms with Crippen molar-refractivity contribution in [3.63, 3.8) is 0 Å². The Morgan fingerprint density at radius 1 is 1.15 bits per heavy atom. The van der Waals surface area contributed by atoms with E-state index in [0.717, 1.165) is 25.1 Å². The normalized spacial score (nSPS) is 20.5. The quantitative estimate of drug-likeness (QED) is 0.843. The minimum Gasteiger partial charge on any atom is -0.355 e. The minimum atomic E-state index is -4.47. The van der Waals surface area contributed by atoms with Crippen LogP contribution in [0.15, 0.2) is 12.3 Å². The number of halogens is 4. The first-order valence-electron chi connectivity index (χ1n) is 8.78. The zero-order valence-corrected chi connectivity index (χ0v) is 15.1. The van der Waals surface area contributed by atoms with Crippen molar-refractivity contribution in [1.82, 2.24) is 9.88 Å². The van der Waals surface area contributed by atoms with E-state index in [-0.39, 0.29) is 22.9 Å². The standard InChI is InChI=1S/C17H22ClF3N4O/c18-14-9-12(17(19,20)21)10-23-15(14)24-5-1-11(2-6-24)16(26)25-7-3-13(22)4-8-25/h9-11,13H,1-8,22H2. The molecule has 0 aliphatic carbocycles. The highest BCUT2D eigenvalue weighted by Crippen LogP contribution is 2.34. The average Bonchev–Trinajstić information content (AvgIpc) is 2.61. The topological polar surface area (TPSA) is 62.5 Å². The number of anilines is 1. The summed E-state index contributed by atoms with van der Waals surface area (Å²) in [6.07, 6.45) is -0.729. The Kier molecular flexibility index (Phi) is 5.62. The van der Waals surface area contributed by atoms with Crippen LogP contribution >= 0.6 is 11.6 Å². The highest BCUT2D eigenvalue weighted by molar-refractivity contribution is 6.33. The van der Waals surface area contributed by atoms with Gasteiger partial charge in [-0.05, 0) is 31.7 Å². The number of pyridine rings is 1. The average molecular weight is 391 g/mol. The molecular weight excluding hydrogens is 369 g/mol. The first kappa shape index (κ1) is 19.2. The van der Waals surface area contributed by atoms with Gasteiger partial charge in [0.1, 0.15) is 5.82 Å². The molecule has 5 nitrogen and oxygen atoms in total. The number of nitrogens with zero attached hydrogens (tertiary/aromatic N) is 3. The van der Waals surface area contributed by atoms with E-state index in [0.29, 0.717) is 44.8 Å². The molecule has 0 aromatic carbocycles. The smallest absolute Gasteiger partial charge is 0.355 e. The third-order valence-electron chi connectivity index (χ3n) is 5.14. The maximum absolute atomic E-state index is 12.7. The molecule has 26 heavy (non-hydrogen) atoms. The van der Waals surface area contributed by atoms with Crippen LogP contribution in [0.5, 0.6) is 0 Å². The van der Waals surface area contributed by atoms with E-state index in [4.69, 9.17) is 17.3 Å². The Bertz CT molecular complexity index is 654. The van der Waals surface area contributed by atoms with Crippen molar-refractivity contribution in [2.24, 2.45) is 11.7 Å². The maximum Gasteiger partial charge on any atom is 0.417 e. The summed E-state index contributed by atoms with van der Waals surface area (Å²) < 4.78 is 38.2. The van der Waals surface area contributed by atoms with Gasteiger partial charge in [-0.25, -0.2) is 4.98 Å². The number of hydrogen-bond acceptors (Lipinski definition) is 4. The Labute approximate surface area is 155 Å². The van der Waals surface area contributed by atoms with Crippen LogP contribution in [0.3, 0.4) is 0 Å². The molecule has 2 aliphatic rings. The summed E-state index contributed by atoms with van der Waals surface area (Å²) in [7, 11) is 0. The van der Waals surface area contributed by atoms with Gasteiger partial charge in [-0.1, -0.05) is 11.6 Å². The molecule has 2 saturated heterocycles. The van der Waals surface area contributed by atoms with Crippen molar-refractivity contribution >= 4 is 23.3 Å². The Morgan fingerprint density at radius 3 is 2.31 bits per heavy atom. The molecule has 0 bridgehead atoms. The highest BCUT2D eigenvalue weighted by Gasteiger charge is 2.34. The van der Waals surface area contributed by atoms with E-state index >= 15 is 0 Å². The molecule has 0 atom stereocenters. The van der Waals surface area contributed by atoms with E-state index < -0.39 is 11.7 Å². The predicted molar refractivity (Wildman–Crippen MR) is 93.0 cm³/mol. The van der Waals surface area contributed by atoms with Crippen LogP contribution in [-0.4, -0.2) is 48.0 Å². The first-order valence-corrected chi connectivity index (χ1v) is 9.15. The van der Waals surface area contributed by atoms with Crippen LogP contribution in [0.1, 0.15) is 31.2 Å². The Balaban J connectivity index is 1.59. The van der Waals surface area contributed by atoms with Crippen LogP contribution in [0.4, 0.5) is 19.0 Å². The molecule has 1 aromatic rings. The summed E-state index contributed by atoms with van der Waals surface area (Å²) in [5.74, 6) is 0.436. The fourth-order valence-corrected chi connectivity index (χ4v) is 3.82. The van der Waals surface area contributed by atoms with Gasteiger partial charge in [-0.3, -0.25) is 4.79 Å². The maximum atomic E-state index is 12.7. The molecule has 0 spiro atoms. The zero-order chi connectivity index (χ0) is 18.9. The molecule has 9 heteroatoms. The van der Waals surface area contributed by atoms with Crippen LogP contribution < -0.4 is 10.6 Å². The van der Waals surface area contributed by atoms with Gasteiger partial charge in [0.25, 0.3) is 0 Å². The second kappa shape index (κ2) is 7.60. The van der Waals surface area contributed by atoms with Gasteiger partial charge < -0.3 is 15.5 Å². The van der Waals surface area contributed by atoms with Gasteiger partial charge in [-0.2, -0.15) is 13.2 Å². The molecule has 2 fully saturated rings. The van der Waals surface area contributed by atoms with Gasteiger partial charge in [-0.15, -0.1) is 0 Å². The van der Waals surface area contributed by atoms with Crippen molar-refractivity contribution in [3.05, 3.63) is 22.8 Å². The molecule has 1 amide bonds. The molecule has 2 aliphatic heterocycles. The molecule has 1 aromatic heterocycles. The first-order chi connectivity index (χ1) is 12.3. The second-order valence-electron chi connectivity index (χ2n) is 6.95. The monoisotopic (exact) mass is 390 g/mol. The SMILES string of the molecule is NC1CCN(C(=O)C2CCN(c3ncc(C(F)(F)F)cc3Cl)CC2)CC1. The number of amides is 1. The van der Waals surface area contributed by atoms with Gasteiger partial charge in [0, 0.05) is 44.3 Å². The van der Waals surface area contributed by atoms with E-state index in [1.54, 1.807) is 0 Å². The van der Waals surface area contributed by atoms with E-state index in [1.807, 2.05) is 9.80 Å². The number of alkyl halides is 3. The summed E-state index contributed by atoms with van der Waals surface area (Å²) in [5, 5.41) is -0.0189. The van der Waals surface area contributed by atoms with Crippen LogP contribution in [0, 0.1) is 5.92 Å². The third-order valence-corrected chi connectivity index (χ3v) is 5.42. The third kappa shape index (κ3) is 4.23. The zero-order valence-electron chi connectivity index (χ0n) is 14.3. The number of piperidine rings is 2. The van der Waals surface area contributed by atoms with E-state index in [9.17, 15) is 18.0 Å². The number of carbonyl (C=O) groups excluding carboxylic acids is 1. The van der Waals surface area contributed by atoms with E-state index in [2.05, 4.69) is 4.98 Å². The largest absolute Gasteiger partial charge is 0.417 e. The van der Waals surface area contributed by atoms with Crippen LogP contribution in [-0.2, 0) is 11.0 Å². The Morgan fingerprint density at radius 2 is 1.77 bits per heavy atom. The molecule has 0 radical (unpaired) electrons.